The Bertz CT molecular complexity index is 595. The summed E-state index contributed by atoms with van der Waals surface area (Å²) in [5.74, 6) is -1.68. The molecular formula is C13H11I3NNaO3. The van der Waals surface area contributed by atoms with Gasteiger partial charge >= 0.3 is 29.6 Å². The van der Waals surface area contributed by atoms with Crippen LogP contribution in [0.1, 0.15) is 31.2 Å². The van der Waals surface area contributed by atoms with Crippen LogP contribution in [0.2, 0.25) is 0 Å². The second-order valence-corrected chi connectivity index (χ2v) is 8.01. The smallest absolute Gasteiger partial charge is 0.550 e. The molecule has 108 valence electrons. The molecule has 0 radical (unpaired) electrons. The first-order chi connectivity index (χ1) is 9.34. The zero-order valence-electron chi connectivity index (χ0n) is 11.6. The molecule has 0 aliphatic carbocycles. The van der Waals surface area contributed by atoms with Crippen LogP contribution >= 0.6 is 67.8 Å². The Labute approximate surface area is 186 Å². The molecule has 1 unspecified atom stereocenters. The molecule has 1 fully saturated rings. The van der Waals surface area contributed by atoms with E-state index in [4.69, 9.17) is 0 Å². The number of amides is 1. The first-order valence-electron chi connectivity index (χ1n) is 6.03. The van der Waals surface area contributed by atoms with Gasteiger partial charge in [-0.2, -0.15) is 0 Å². The third kappa shape index (κ3) is 4.25. The SMILES string of the molecule is CC(C(=O)[O-])c1c(I)cc(I)c(N2CCCC2=O)c1I.[Na+]. The summed E-state index contributed by atoms with van der Waals surface area (Å²) in [5.41, 5.74) is 1.58. The van der Waals surface area contributed by atoms with Gasteiger partial charge in [-0.25, -0.2) is 0 Å². The van der Waals surface area contributed by atoms with Gasteiger partial charge in [0.1, 0.15) is 0 Å². The minimum absolute atomic E-state index is 0. The van der Waals surface area contributed by atoms with E-state index in [0.29, 0.717) is 13.0 Å². The van der Waals surface area contributed by atoms with Crippen LogP contribution in [0.25, 0.3) is 0 Å². The second-order valence-electron chi connectivity index (χ2n) is 4.61. The number of rotatable bonds is 3. The van der Waals surface area contributed by atoms with Crippen LogP contribution in [0.4, 0.5) is 5.69 Å². The topological polar surface area (TPSA) is 60.4 Å². The number of halogens is 3. The van der Waals surface area contributed by atoms with Crippen molar-refractivity contribution < 1.29 is 44.3 Å². The fourth-order valence-corrected chi connectivity index (χ4v) is 7.13. The quantitative estimate of drug-likeness (QED) is 0.333. The molecule has 1 aromatic rings. The van der Waals surface area contributed by atoms with Crippen molar-refractivity contribution in [1.29, 1.82) is 0 Å². The number of carboxylic acids is 1. The summed E-state index contributed by atoms with van der Waals surface area (Å²) in [6.45, 7) is 2.32. The predicted molar refractivity (Wildman–Crippen MR) is 99.6 cm³/mol. The fourth-order valence-electron chi connectivity index (χ4n) is 2.24. The van der Waals surface area contributed by atoms with Gasteiger partial charge in [0, 0.05) is 35.6 Å². The molecule has 1 amide bonds. The predicted octanol–water partition coefficient (Wildman–Crippen LogP) is -0.515. The minimum Gasteiger partial charge on any atom is -0.550 e. The Morgan fingerprint density at radius 3 is 2.43 bits per heavy atom. The number of benzene rings is 1. The maximum absolute atomic E-state index is 12.0. The van der Waals surface area contributed by atoms with Crippen LogP contribution in [-0.2, 0) is 9.59 Å². The Morgan fingerprint density at radius 1 is 1.33 bits per heavy atom. The summed E-state index contributed by atoms with van der Waals surface area (Å²) in [5, 5.41) is 11.2. The standard InChI is InChI=1S/C13H12I3NO3.Na/c1-6(13(19)20)10-7(14)5-8(15)12(11(10)16)17-4-2-3-9(17)18;/h5-6H,2-4H2,1H3,(H,19,20);/q;+1/p-1. The number of carboxylic acid groups (broad SMARTS) is 1. The number of aliphatic carboxylic acids is 1. The fraction of sp³-hybridized carbons (Fsp3) is 0.385. The first-order valence-corrected chi connectivity index (χ1v) is 9.26. The van der Waals surface area contributed by atoms with Gasteiger partial charge in [0.05, 0.1) is 5.69 Å². The molecule has 0 spiro atoms. The monoisotopic (exact) mass is 633 g/mol. The van der Waals surface area contributed by atoms with E-state index in [2.05, 4.69) is 67.8 Å². The normalized spacial score (nSPS) is 15.8. The van der Waals surface area contributed by atoms with E-state index in [1.54, 1.807) is 11.8 Å². The third-order valence-electron chi connectivity index (χ3n) is 3.31. The second kappa shape index (κ2) is 8.45. The number of carbonyl (C=O) groups is 2. The van der Waals surface area contributed by atoms with E-state index in [1.807, 2.05) is 6.07 Å². The summed E-state index contributed by atoms with van der Waals surface area (Å²) >= 11 is 6.49. The molecule has 0 saturated carbocycles. The van der Waals surface area contributed by atoms with Gasteiger partial charge < -0.3 is 14.8 Å². The number of anilines is 1. The molecule has 4 nitrogen and oxygen atoms in total. The molecular weight excluding hydrogens is 622 g/mol. The van der Waals surface area contributed by atoms with Crippen LogP contribution in [0.3, 0.4) is 0 Å². The van der Waals surface area contributed by atoms with Gasteiger partial charge in [0.2, 0.25) is 5.91 Å². The zero-order chi connectivity index (χ0) is 15.0. The van der Waals surface area contributed by atoms with Gasteiger partial charge in [-0.15, -0.1) is 0 Å². The van der Waals surface area contributed by atoms with Crippen molar-refractivity contribution in [2.24, 2.45) is 0 Å². The maximum Gasteiger partial charge on any atom is 1.00 e. The van der Waals surface area contributed by atoms with E-state index in [9.17, 15) is 14.7 Å². The molecule has 1 aliphatic rings. The number of nitrogens with zero attached hydrogens (tertiary/aromatic N) is 1. The van der Waals surface area contributed by atoms with Crippen molar-refractivity contribution in [2.75, 3.05) is 11.4 Å². The molecule has 8 heteroatoms. The van der Waals surface area contributed by atoms with E-state index < -0.39 is 11.9 Å². The van der Waals surface area contributed by atoms with Crippen LogP contribution in [0, 0.1) is 10.7 Å². The molecule has 1 aliphatic heterocycles. The van der Waals surface area contributed by atoms with E-state index in [-0.39, 0.29) is 35.5 Å². The molecule has 0 bridgehead atoms. The zero-order valence-corrected chi connectivity index (χ0v) is 20.1. The summed E-state index contributed by atoms with van der Waals surface area (Å²) in [6, 6.07) is 1.93. The van der Waals surface area contributed by atoms with Crippen LogP contribution < -0.4 is 39.6 Å². The number of hydrogen-bond acceptors (Lipinski definition) is 3. The summed E-state index contributed by atoms with van der Waals surface area (Å²) in [6.07, 6.45) is 1.41. The number of carbonyl (C=O) groups excluding carboxylic acids is 2. The van der Waals surface area contributed by atoms with Gasteiger partial charge in [0.25, 0.3) is 0 Å². The Morgan fingerprint density at radius 2 is 1.95 bits per heavy atom. The van der Waals surface area contributed by atoms with Gasteiger partial charge in [-0.3, -0.25) is 4.79 Å². The summed E-state index contributed by atoms with van der Waals surface area (Å²) in [4.78, 5) is 24.9. The van der Waals surface area contributed by atoms with Crippen molar-refractivity contribution >= 4 is 85.3 Å². The van der Waals surface area contributed by atoms with E-state index >= 15 is 0 Å². The molecule has 0 N–H and O–H groups in total. The van der Waals surface area contributed by atoms with Crippen molar-refractivity contribution in [3.63, 3.8) is 0 Å². The molecule has 0 aromatic heterocycles. The van der Waals surface area contributed by atoms with Crippen molar-refractivity contribution in [2.45, 2.75) is 25.7 Å². The Balaban J connectivity index is 0.00000220. The third-order valence-corrected chi connectivity index (χ3v) is 6.12. The van der Waals surface area contributed by atoms with E-state index in [0.717, 1.165) is 28.4 Å². The molecule has 1 aromatic carbocycles. The average molecular weight is 633 g/mol. The molecule has 1 heterocycles. The molecule has 2 rings (SSSR count). The summed E-state index contributed by atoms with van der Waals surface area (Å²) in [7, 11) is 0. The van der Waals surface area contributed by atoms with Crippen molar-refractivity contribution in [3.8, 4) is 0 Å². The van der Waals surface area contributed by atoms with Crippen molar-refractivity contribution in [1.82, 2.24) is 0 Å². The maximum atomic E-state index is 12.0. The molecule has 21 heavy (non-hydrogen) atoms. The van der Waals surface area contributed by atoms with Crippen LogP contribution in [0.15, 0.2) is 6.07 Å². The Hall–Kier alpha value is 1.35. The Kier molecular flexibility index (Phi) is 8.20. The largest absolute Gasteiger partial charge is 1.00 e. The number of hydrogen-bond donors (Lipinski definition) is 0. The van der Waals surface area contributed by atoms with Gasteiger partial charge in [0.15, 0.2) is 0 Å². The van der Waals surface area contributed by atoms with Crippen molar-refractivity contribution in [3.05, 3.63) is 22.3 Å². The van der Waals surface area contributed by atoms with Gasteiger partial charge in [-0.05, 0) is 85.8 Å². The summed E-state index contributed by atoms with van der Waals surface area (Å²) < 4.78 is 2.70. The van der Waals surface area contributed by atoms with Crippen LogP contribution in [-0.4, -0.2) is 18.4 Å². The molecule has 1 saturated heterocycles. The minimum atomic E-state index is -1.10. The van der Waals surface area contributed by atoms with Gasteiger partial charge in [-0.1, -0.05) is 6.92 Å². The van der Waals surface area contributed by atoms with E-state index in [1.165, 1.54) is 0 Å². The molecule has 1 atom stereocenters. The van der Waals surface area contributed by atoms with Crippen LogP contribution in [0.5, 0.6) is 0 Å². The average Bonchev–Trinajstić information content (AvgIpc) is 2.74. The first kappa shape index (κ1) is 20.4.